The number of halogens is 3. The lowest BCUT2D eigenvalue weighted by Crippen LogP contribution is -2.42. The van der Waals surface area contributed by atoms with Crippen LogP contribution in [0.25, 0.3) is 11.0 Å². The molecular formula is C29H28F3N5O8S2. The molecule has 3 aromatic carbocycles. The molecule has 0 radical (unpaired) electrons. The monoisotopic (exact) mass is 695 g/mol. The van der Waals surface area contributed by atoms with Crippen molar-refractivity contribution in [3.63, 3.8) is 0 Å². The zero-order valence-corrected chi connectivity index (χ0v) is 26.1. The van der Waals surface area contributed by atoms with E-state index in [0.29, 0.717) is 34.4 Å². The van der Waals surface area contributed by atoms with Crippen molar-refractivity contribution in [2.75, 3.05) is 25.1 Å². The Labute approximate surface area is 267 Å². The number of aromatic amines is 1. The highest BCUT2D eigenvalue weighted by atomic mass is 32.3. The van der Waals surface area contributed by atoms with E-state index in [0.717, 1.165) is 6.07 Å². The average Bonchev–Trinajstić information content (AvgIpc) is 3.57. The van der Waals surface area contributed by atoms with Gasteiger partial charge >= 0.3 is 12.1 Å². The van der Waals surface area contributed by atoms with E-state index in [9.17, 15) is 40.3 Å². The number of hydroxylamine groups is 1. The van der Waals surface area contributed by atoms with Crippen molar-refractivity contribution >= 4 is 49.4 Å². The third kappa shape index (κ3) is 6.46. The summed E-state index contributed by atoms with van der Waals surface area (Å²) in [6, 6.07) is 14.6. The normalized spacial score (nSPS) is 19.2. The van der Waals surface area contributed by atoms with E-state index in [1.807, 2.05) is 4.90 Å². The van der Waals surface area contributed by atoms with Gasteiger partial charge in [0, 0.05) is 13.1 Å². The zero-order valence-electron chi connectivity index (χ0n) is 24.5. The summed E-state index contributed by atoms with van der Waals surface area (Å²) >= 11 is 0. The predicted octanol–water partition coefficient (Wildman–Crippen LogP) is 4.61. The average molecular weight is 696 g/mol. The molecule has 1 aromatic heterocycles. The van der Waals surface area contributed by atoms with Gasteiger partial charge in [-0.25, -0.2) is 18.2 Å². The molecule has 2 aliphatic heterocycles. The number of hydrogen-bond acceptors (Lipinski definition) is 10. The van der Waals surface area contributed by atoms with Crippen molar-refractivity contribution < 1.29 is 49.9 Å². The SMILES string of the molecule is CN1CCOc2cc(S(=O)(=O)N(OC(=O)C(F)(F)F)[C@@H](Cc3ccc(C4CC(=O)NS4(O)O)cc3)c3nc4ccccc4[nH]3)ccc21. The van der Waals surface area contributed by atoms with Crippen molar-refractivity contribution in [3.05, 3.63) is 83.7 Å². The quantitative estimate of drug-likeness (QED) is 0.191. The molecule has 6 rings (SSSR count). The molecule has 0 spiro atoms. The van der Waals surface area contributed by atoms with Gasteiger partial charge in [-0.1, -0.05) is 36.4 Å². The Morgan fingerprint density at radius 2 is 1.89 bits per heavy atom. The number of carbonyl (C=O) groups excluding carboxylic acids is 2. The van der Waals surface area contributed by atoms with Crippen molar-refractivity contribution in [1.29, 1.82) is 0 Å². The van der Waals surface area contributed by atoms with E-state index in [1.54, 1.807) is 31.3 Å². The maximum Gasteiger partial charge on any atom is 0.492 e. The number of para-hydroxylation sites is 2. The number of ether oxygens (including phenoxy) is 1. The van der Waals surface area contributed by atoms with Crippen LogP contribution < -0.4 is 14.4 Å². The number of hydrogen-bond donors (Lipinski definition) is 4. The van der Waals surface area contributed by atoms with Crippen molar-refractivity contribution in [2.45, 2.75) is 35.2 Å². The van der Waals surface area contributed by atoms with Crippen LogP contribution in [0.2, 0.25) is 0 Å². The fourth-order valence-corrected chi connectivity index (χ4v) is 8.24. The summed E-state index contributed by atoms with van der Waals surface area (Å²) in [5, 5.41) is -0.940. The summed E-state index contributed by atoms with van der Waals surface area (Å²) in [5.41, 5.74) is 2.11. The van der Waals surface area contributed by atoms with Gasteiger partial charge in [0.25, 0.3) is 10.0 Å². The molecule has 0 aliphatic carbocycles. The lowest BCUT2D eigenvalue weighted by atomic mass is 10.0. The number of aromatic nitrogens is 2. The summed E-state index contributed by atoms with van der Waals surface area (Å²) in [7, 11) is -6.73. The Kier molecular flexibility index (Phi) is 8.33. The Bertz CT molecular complexity index is 1920. The first-order valence-electron chi connectivity index (χ1n) is 14.1. The Hall–Kier alpha value is -4.36. The van der Waals surface area contributed by atoms with E-state index >= 15 is 0 Å². The molecule has 18 heteroatoms. The van der Waals surface area contributed by atoms with Crippen molar-refractivity contribution in [3.8, 4) is 5.75 Å². The number of rotatable bonds is 8. The zero-order chi connectivity index (χ0) is 33.7. The minimum Gasteiger partial charge on any atom is -0.490 e. The number of nitrogens with zero attached hydrogens (tertiary/aromatic N) is 3. The summed E-state index contributed by atoms with van der Waals surface area (Å²) in [5.74, 6) is -3.27. The smallest absolute Gasteiger partial charge is 0.490 e. The number of benzene rings is 3. The summed E-state index contributed by atoms with van der Waals surface area (Å²) < 4.78 is 97.5. The van der Waals surface area contributed by atoms with Crippen LogP contribution in [-0.4, -0.2) is 70.2 Å². The molecule has 0 saturated carbocycles. The number of carbonyl (C=O) groups is 2. The van der Waals surface area contributed by atoms with Crippen LogP contribution in [0, 0.1) is 0 Å². The number of alkyl halides is 3. The van der Waals surface area contributed by atoms with Gasteiger partial charge in [-0.15, -0.1) is 10.8 Å². The number of nitrogens with one attached hydrogen (secondary N) is 2. The van der Waals surface area contributed by atoms with Crippen LogP contribution in [0.3, 0.4) is 0 Å². The summed E-state index contributed by atoms with van der Waals surface area (Å²) in [4.78, 5) is 37.4. The van der Waals surface area contributed by atoms with E-state index in [-0.39, 0.29) is 35.5 Å². The molecule has 2 atom stereocenters. The highest BCUT2D eigenvalue weighted by Crippen LogP contribution is 2.56. The second-order valence-electron chi connectivity index (χ2n) is 10.9. The van der Waals surface area contributed by atoms with Crippen molar-refractivity contribution in [1.82, 2.24) is 19.2 Å². The van der Waals surface area contributed by atoms with E-state index < -0.39 is 55.0 Å². The second-order valence-corrected chi connectivity index (χ2v) is 14.7. The fraction of sp³-hybridized carbons (Fsp3) is 0.276. The lowest BCUT2D eigenvalue weighted by molar-refractivity contribution is -0.227. The molecule has 4 aromatic rings. The molecule has 3 heterocycles. The van der Waals surface area contributed by atoms with E-state index in [1.165, 1.54) is 36.4 Å². The third-order valence-corrected chi connectivity index (χ3v) is 11.2. The Balaban J connectivity index is 1.44. The highest BCUT2D eigenvalue weighted by Gasteiger charge is 2.47. The van der Waals surface area contributed by atoms with Gasteiger partial charge in [0.15, 0.2) is 0 Å². The maximum absolute atomic E-state index is 14.2. The van der Waals surface area contributed by atoms with Crippen LogP contribution in [0.5, 0.6) is 5.75 Å². The first kappa shape index (κ1) is 32.6. The van der Waals surface area contributed by atoms with Gasteiger partial charge in [0.2, 0.25) is 5.91 Å². The molecule has 250 valence electrons. The number of anilines is 1. The van der Waals surface area contributed by atoms with Gasteiger partial charge < -0.3 is 19.5 Å². The predicted molar refractivity (Wildman–Crippen MR) is 164 cm³/mol. The molecule has 4 N–H and O–H groups in total. The molecule has 47 heavy (non-hydrogen) atoms. The first-order valence-corrected chi connectivity index (χ1v) is 17.1. The number of amides is 1. The molecule has 1 fully saturated rings. The topological polar surface area (TPSA) is 174 Å². The molecule has 1 saturated heterocycles. The third-order valence-electron chi connectivity index (χ3n) is 7.76. The molecule has 0 bridgehead atoms. The van der Waals surface area contributed by atoms with Crippen LogP contribution in [0.15, 0.2) is 71.6 Å². The molecular weight excluding hydrogens is 667 g/mol. The molecule has 13 nitrogen and oxygen atoms in total. The van der Waals surface area contributed by atoms with Gasteiger partial charge in [-0.05, 0) is 46.3 Å². The van der Waals surface area contributed by atoms with Crippen molar-refractivity contribution in [2.24, 2.45) is 0 Å². The molecule has 1 amide bonds. The number of likely N-dealkylation sites (N-methyl/N-ethyl adjacent to an activating group) is 1. The van der Waals surface area contributed by atoms with Crippen LogP contribution in [0.4, 0.5) is 18.9 Å². The highest BCUT2D eigenvalue weighted by molar-refractivity contribution is 8.23. The standard InChI is InChI=1S/C29H28F3N5O8S2/c1-36-12-13-44-24-15-19(10-11-22(24)36)47(42,43)37(45-28(39)29(30,31)32)23(27-33-20-4-2-3-5-21(20)34-27)14-17-6-8-18(9-7-17)25-16-26(38)35-46(25,40)41/h2-11,15,23,25,40-41H,12-14,16H2,1H3,(H,33,34)(H,35,38)/t23-,25?/m0/s1. The first-order chi connectivity index (χ1) is 22.1. The molecule has 2 aliphatic rings. The minimum atomic E-state index is -5.55. The van der Waals surface area contributed by atoms with E-state index in [2.05, 4.69) is 19.5 Å². The van der Waals surface area contributed by atoms with Crippen LogP contribution in [-0.2, 0) is 30.9 Å². The summed E-state index contributed by atoms with van der Waals surface area (Å²) in [6.07, 6.45) is -6.08. The minimum absolute atomic E-state index is 0.00110. The lowest BCUT2D eigenvalue weighted by Gasteiger charge is -2.33. The van der Waals surface area contributed by atoms with E-state index in [4.69, 9.17) is 4.74 Å². The molecule has 1 unspecified atom stereocenters. The number of imidazole rings is 1. The summed E-state index contributed by atoms with van der Waals surface area (Å²) in [6.45, 7) is 0.755. The fourth-order valence-electron chi connectivity index (χ4n) is 5.38. The van der Waals surface area contributed by atoms with Gasteiger partial charge in [0.05, 0.1) is 34.6 Å². The Morgan fingerprint density at radius 1 is 1.17 bits per heavy atom. The largest absolute Gasteiger partial charge is 0.492 e. The van der Waals surface area contributed by atoms with Gasteiger partial charge in [-0.3, -0.25) is 18.6 Å². The second kappa shape index (κ2) is 12.0. The number of fused-ring (bicyclic) bond motifs is 2. The number of H-pyrrole nitrogens is 1. The Morgan fingerprint density at radius 3 is 2.55 bits per heavy atom. The van der Waals surface area contributed by atoms with Gasteiger partial charge in [-0.2, -0.15) is 13.2 Å². The van der Waals surface area contributed by atoms with Crippen LogP contribution in [0.1, 0.15) is 34.7 Å². The maximum atomic E-state index is 14.2. The van der Waals surface area contributed by atoms with Crippen LogP contribution >= 0.6 is 10.8 Å². The van der Waals surface area contributed by atoms with Gasteiger partial charge in [0.1, 0.15) is 29.5 Å². The number of sulfonamides is 1.